The van der Waals surface area contributed by atoms with Crippen LogP contribution in [0.25, 0.3) is 0 Å². The van der Waals surface area contributed by atoms with E-state index in [4.69, 9.17) is 22.1 Å². The second kappa shape index (κ2) is 6.26. The topological polar surface area (TPSA) is 55.6 Å². The lowest BCUT2D eigenvalue weighted by Gasteiger charge is -2.32. The molecular weight excluding hydrogens is 264 g/mol. The molecule has 0 aliphatic carbocycles. The third-order valence-corrected chi connectivity index (χ3v) is 3.65. The predicted molar refractivity (Wildman–Crippen MR) is 76.4 cm³/mol. The Kier molecular flexibility index (Phi) is 4.66. The number of piperidine rings is 1. The second-order valence-corrected chi connectivity index (χ2v) is 5.11. The molecule has 4 nitrogen and oxygen atoms in total. The standard InChI is InChI=1S/C14H19ClN2O2/c1-2-19-11-4-3-7-17(9-11)14(18)10-5-6-12(15)13(16)8-10/h5-6,8,11H,2-4,7,9,16H2,1H3. The monoisotopic (exact) mass is 282 g/mol. The number of hydrogen-bond acceptors (Lipinski definition) is 3. The summed E-state index contributed by atoms with van der Waals surface area (Å²) in [6.45, 7) is 4.07. The lowest BCUT2D eigenvalue weighted by atomic mass is 10.1. The van der Waals surface area contributed by atoms with Crippen LogP contribution < -0.4 is 5.73 Å². The van der Waals surface area contributed by atoms with E-state index in [1.807, 2.05) is 11.8 Å². The molecule has 0 bridgehead atoms. The number of carbonyl (C=O) groups excluding carboxylic acids is 1. The fourth-order valence-electron chi connectivity index (χ4n) is 2.35. The highest BCUT2D eigenvalue weighted by molar-refractivity contribution is 6.33. The minimum absolute atomic E-state index is 0.00669. The van der Waals surface area contributed by atoms with Crippen LogP contribution in [0.5, 0.6) is 0 Å². The van der Waals surface area contributed by atoms with Gasteiger partial charge < -0.3 is 15.4 Å². The van der Waals surface area contributed by atoms with Gasteiger partial charge in [-0.05, 0) is 38.0 Å². The zero-order chi connectivity index (χ0) is 13.8. The Balaban J connectivity index is 2.08. The number of nitrogens with two attached hydrogens (primary N) is 1. The SMILES string of the molecule is CCOC1CCCN(C(=O)c2ccc(Cl)c(N)c2)C1. The van der Waals surface area contributed by atoms with Crippen LogP contribution in [0.15, 0.2) is 18.2 Å². The summed E-state index contributed by atoms with van der Waals surface area (Å²) in [5.41, 5.74) is 6.75. The van der Waals surface area contributed by atoms with Crippen LogP contribution >= 0.6 is 11.6 Å². The van der Waals surface area contributed by atoms with E-state index >= 15 is 0 Å². The molecule has 0 spiro atoms. The lowest BCUT2D eigenvalue weighted by Crippen LogP contribution is -2.43. The van der Waals surface area contributed by atoms with Gasteiger partial charge in [0.2, 0.25) is 0 Å². The summed E-state index contributed by atoms with van der Waals surface area (Å²) in [6, 6.07) is 5.01. The van der Waals surface area contributed by atoms with Crippen molar-refractivity contribution >= 4 is 23.2 Å². The zero-order valence-corrected chi connectivity index (χ0v) is 11.8. The van der Waals surface area contributed by atoms with E-state index in [1.165, 1.54) is 0 Å². The molecule has 0 saturated carbocycles. The summed E-state index contributed by atoms with van der Waals surface area (Å²) in [6.07, 6.45) is 2.13. The molecular formula is C14H19ClN2O2. The van der Waals surface area contributed by atoms with Crippen LogP contribution in [0, 0.1) is 0 Å². The Morgan fingerprint density at radius 3 is 3.05 bits per heavy atom. The van der Waals surface area contributed by atoms with E-state index < -0.39 is 0 Å². The summed E-state index contributed by atoms with van der Waals surface area (Å²) in [4.78, 5) is 14.2. The quantitative estimate of drug-likeness (QED) is 0.867. The molecule has 5 heteroatoms. The first-order chi connectivity index (χ1) is 9.11. The van der Waals surface area contributed by atoms with Crippen molar-refractivity contribution in [1.29, 1.82) is 0 Å². The van der Waals surface area contributed by atoms with E-state index in [1.54, 1.807) is 18.2 Å². The Morgan fingerprint density at radius 1 is 1.58 bits per heavy atom. The minimum atomic E-state index is -0.00669. The molecule has 104 valence electrons. The lowest BCUT2D eigenvalue weighted by molar-refractivity contribution is 0.00724. The van der Waals surface area contributed by atoms with E-state index in [0.717, 1.165) is 19.4 Å². The molecule has 0 radical (unpaired) electrons. The fourth-order valence-corrected chi connectivity index (χ4v) is 2.47. The van der Waals surface area contributed by atoms with Gasteiger partial charge in [-0.25, -0.2) is 0 Å². The Morgan fingerprint density at radius 2 is 2.37 bits per heavy atom. The number of nitrogen functional groups attached to an aromatic ring is 1. The number of hydrogen-bond donors (Lipinski definition) is 1. The maximum absolute atomic E-state index is 12.4. The zero-order valence-electron chi connectivity index (χ0n) is 11.1. The van der Waals surface area contributed by atoms with Gasteiger partial charge in [0.25, 0.3) is 5.91 Å². The number of anilines is 1. The molecule has 2 rings (SSSR count). The Hall–Kier alpha value is -1.26. The van der Waals surface area contributed by atoms with Gasteiger partial charge in [0.1, 0.15) is 0 Å². The van der Waals surface area contributed by atoms with Crippen LogP contribution in [0.2, 0.25) is 5.02 Å². The number of ether oxygens (including phenoxy) is 1. The number of likely N-dealkylation sites (tertiary alicyclic amines) is 1. The molecule has 1 aliphatic rings. The van der Waals surface area contributed by atoms with Crippen LogP contribution in [-0.4, -0.2) is 36.6 Å². The molecule has 19 heavy (non-hydrogen) atoms. The van der Waals surface area contributed by atoms with Gasteiger partial charge in [-0.2, -0.15) is 0 Å². The molecule has 1 aromatic rings. The van der Waals surface area contributed by atoms with Crippen molar-refractivity contribution in [1.82, 2.24) is 4.90 Å². The third kappa shape index (κ3) is 3.39. The van der Waals surface area contributed by atoms with Gasteiger partial charge in [-0.15, -0.1) is 0 Å². The number of halogens is 1. The first kappa shape index (κ1) is 14.2. The molecule has 0 aromatic heterocycles. The van der Waals surface area contributed by atoms with Crippen molar-refractivity contribution in [3.8, 4) is 0 Å². The van der Waals surface area contributed by atoms with Gasteiger partial charge in [0.05, 0.1) is 16.8 Å². The largest absolute Gasteiger partial charge is 0.398 e. The third-order valence-electron chi connectivity index (χ3n) is 3.31. The van der Waals surface area contributed by atoms with Crippen molar-refractivity contribution < 1.29 is 9.53 Å². The average molecular weight is 283 g/mol. The highest BCUT2D eigenvalue weighted by Gasteiger charge is 2.24. The van der Waals surface area contributed by atoms with Gasteiger partial charge in [-0.3, -0.25) is 4.79 Å². The highest BCUT2D eigenvalue weighted by atomic mass is 35.5. The average Bonchev–Trinajstić information content (AvgIpc) is 2.42. The van der Waals surface area contributed by atoms with Gasteiger partial charge in [-0.1, -0.05) is 11.6 Å². The highest BCUT2D eigenvalue weighted by Crippen LogP contribution is 2.22. The minimum Gasteiger partial charge on any atom is -0.398 e. The van der Waals surface area contributed by atoms with Gasteiger partial charge in [0.15, 0.2) is 0 Å². The summed E-state index contributed by atoms with van der Waals surface area (Å²) >= 11 is 5.87. The maximum Gasteiger partial charge on any atom is 0.254 e. The van der Waals surface area contributed by atoms with Gasteiger partial charge >= 0.3 is 0 Å². The van der Waals surface area contributed by atoms with Crippen molar-refractivity contribution in [2.75, 3.05) is 25.4 Å². The van der Waals surface area contributed by atoms with Crippen molar-refractivity contribution in [2.45, 2.75) is 25.9 Å². The van der Waals surface area contributed by atoms with E-state index in [0.29, 0.717) is 29.4 Å². The summed E-state index contributed by atoms with van der Waals surface area (Å²) in [5.74, 6) is -0.00669. The number of nitrogens with zero attached hydrogens (tertiary/aromatic N) is 1. The maximum atomic E-state index is 12.4. The van der Waals surface area contributed by atoms with Crippen molar-refractivity contribution in [3.63, 3.8) is 0 Å². The molecule has 2 N–H and O–H groups in total. The molecule has 1 amide bonds. The van der Waals surface area contributed by atoms with E-state index in [9.17, 15) is 4.79 Å². The molecule has 1 saturated heterocycles. The fraction of sp³-hybridized carbons (Fsp3) is 0.500. The van der Waals surface area contributed by atoms with Crippen LogP contribution in [-0.2, 0) is 4.74 Å². The predicted octanol–water partition coefficient (Wildman–Crippen LogP) is 2.56. The number of amides is 1. The van der Waals surface area contributed by atoms with Crippen LogP contribution in [0.1, 0.15) is 30.1 Å². The first-order valence-electron chi connectivity index (χ1n) is 6.57. The number of benzene rings is 1. The van der Waals surface area contributed by atoms with Gasteiger partial charge in [0, 0.05) is 25.3 Å². The molecule has 1 fully saturated rings. The summed E-state index contributed by atoms with van der Waals surface area (Å²) < 4.78 is 5.60. The Bertz CT molecular complexity index is 463. The molecule has 1 aliphatic heterocycles. The van der Waals surface area contributed by atoms with Crippen molar-refractivity contribution in [2.24, 2.45) is 0 Å². The number of carbonyl (C=O) groups is 1. The summed E-state index contributed by atoms with van der Waals surface area (Å²) in [5, 5.41) is 0.474. The second-order valence-electron chi connectivity index (χ2n) is 4.71. The van der Waals surface area contributed by atoms with E-state index in [2.05, 4.69) is 0 Å². The molecule has 1 atom stereocenters. The Labute approximate surface area is 118 Å². The smallest absolute Gasteiger partial charge is 0.254 e. The molecule has 1 heterocycles. The normalized spacial score (nSPS) is 19.5. The van der Waals surface area contributed by atoms with Crippen LogP contribution in [0.4, 0.5) is 5.69 Å². The van der Waals surface area contributed by atoms with Crippen molar-refractivity contribution in [3.05, 3.63) is 28.8 Å². The number of rotatable bonds is 3. The van der Waals surface area contributed by atoms with E-state index in [-0.39, 0.29) is 12.0 Å². The molecule has 1 unspecified atom stereocenters. The molecule has 1 aromatic carbocycles. The summed E-state index contributed by atoms with van der Waals surface area (Å²) in [7, 11) is 0. The first-order valence-corrected chi connectivity index (χ1v) is 6.95. The van der Waals surface area contributed by atoms with Crippen LogP contribution in [0.3, 0.4) is 0 Å².